The zero-order valence-electron chi connectivity index (χ0n) is 14.9. The molecule has 6 heteroatoms. The quantitative estimate of drug-likeness (QED) is 0.563. The van der Waals surface area contributed by atoms with Crippen molar-refractivity contribution in [2.45, 2.75) is 19.9 Å². The van der Waals surface area contributed by atoms with Crippen LogP contribution in [0.5, 0.6) is 0 Å². The van der Waals surface area contributed by atoms with E-state index in [1.54, 1.807) is 22.7 Å². The molecule has 1 aromatic carbocycles. The van der Waals surface area contributed by atoms with E-state index in [1.165, 1.54) is 0 Å². The molecule has 1 N–H and O–H groups in total. The van der Waals surface area contributed by atoms with Crippen molar-refractivity contribution in [1.29, 1.82) is 0 Å². The molecule has 0 aliphatic heterocycles. The third kappa shape index (κ3) is 3.46. The van der Waals surface area contributed by atoms with E-state index in [0.717, 1.165) is 16.9 Å². The molecule has 0 saturated carbocycles. The number of hydrogen-bond donors (Lipinski definition) is 1. The Labute approximate surface area is 162 Å². The molecule has 0 saturated heterocycles. The van der Waals surface area contributed by atoms with Gasteiger partial charge in [0.15, 0.2) is 0 Å². The predicted molar refractivity (Wildman–Crippen MR) is 107 cm³/mol. The van der Waals surface area contributed by atoms with E-state index in [1.807, 2.05) is 60.3 Å². The topological polar surface area (TPSA) is 51.3 Å². The fourth-order valence-corrected chi connectivity index (χ4v) is 3.27. The molecule has 3 heterocycles. The average Bonchev–Trinajstić information content (AvgIpc) is 3.33. The number of fused-ring (bicyclic) bond motifs is 1. The van der Waals surface area contributed by atoms with Crippen LogP contribution < -0.4 is 5.32 Å². The van der Waals surface area contributed by atoms with Gasteiger partial charge in [-0.1, -0.05) is 30.7 Å². The first-order chi connectivity index (χ1) is 13.2. The van der Waals surface area contributed by atoms with Gasteiger partial charge in [0.05, 0.1) is 5.69 Å². The van der Waals surface area contributed by atoms with Crippen LogP contribution in [0.2, 0.25) is 5.02 Å². The summed E-state index contributed by atoms with van der Waals surface area (Å²) in [5, 5.41) is 3.60. The molecule has 0 aliphatic rings. The molecule has 0 fully saturated rings. The lowest BCUT2D eigenvalue weighted by Crippen LogP contribution is -2.25. The average molecular weight is 379 g/mol. The van der Waals surface area contributed by atoms with Crippen LogP contribution in [0.1, 0.15) is 28.7 Å². The molecule has 0 spiro atoms. The van der Waals surface area contributed by atoms with Gasteiger partial charge in [-0.15, -0.1) is 0 Å². The van der Waals surface area contributed by atoms with Gasteiger partial charge < -0.3 is 9.88 Å². The van der Waals surface area contributed by atoms with E-state index in [0.29, 0.717) is 29.3 Å². The first-order valence-electron chi connectivity index (χ1n) is 8.82. The second kappa shape index (κ2) is 7.29. The molecule has 0 bridgehead atoms. The third-order valence-electron chi connectivity index (χ3n) is 4.50. The predicted octanol–water partition coefficient (Wildman–Crippen LogP) is 4.27. The van der Waals surface area contributed by atoms with Gasteiger partial charge in [0, 0.05) is 41.9 Å². The molecule has 1 amide bonds. The van der Waals surface area contributed by atoms with Crippen LogP contribution in [0, 0.1) is 0 Å². The van der Waals surface area contributed by atoms with Gasteiger partial charge in [-0.25, -0.2) is 4.98 Å². The van der Waals surface area contributed by atoms with E-state index in [9.17, 15) is 4.79 Å². The molecule has 0 unspecified atom stereocenters. The van der Waals surface area contributed by atoms with Gasteiger partial charge in [0.2, 0.25) is 0 Å². The minimum Gasteiger partial charge on any atom is -0.347 e. The Kier molecular flexibility index (Phi) is 4.69. The normalized spacial score (nSPS) is 11.0. The van der Waals surface area contributed by atoms with Gasteiger partial charge in [0.1, 0.15) is 11.3 Å². The summed E-state index contributed by atoms with van der Waals surface area (Å²) in [4.78, 5) is 17.3. The van der Waals surface area contributed by atoms with Gasteiger partial charge >= 0.3 is 0 Å². The monoisotopic (exact) mass is 378 g/mol. The van der Waals surface area contributed by atoms with Crippen molar-refractivity contribution in [2.75, 3.05) is 0 Å². The number of nitrogens with one attached hydrogen (secondary N) is 1. The lowest BCUT2D eigenvalue weighted by molar-refractivity contribution is 0.0944. The van der Waals surface area contributed by atoms with Crippen LogP contribution in [0.25, 0.3) is 11.3 Å². The fourth-order valence-electron chi connectivity index (χ4n) is 3.11. The summed E-state index contributed by atoms with van der Waals surface area (Å²) in [6, 6.07) is 15.6. The molecular weight excluding hydrogens is 360 g/mol. The summed E-state index contributed by atoms with van der Waals surface area (Å²) in [7, 11) is 0. The van der Waals surface area contributed by atoms with Gasteiger partial charge in [-0.05, 0) is 42.3 Å². The Morgan fingerprint density at radius 2 is 1.85 bits per heavy atom. The van der Waals surface area contributed by atoms with E-state index >= 15 is 0 Å². The summed E-state index contributed by atoms with van der Waals surface area (Å²) in [5.41, 5.74) is 4.13. The first kappa shape index (κ1) is 17.4. The molecule has 3 aromatic heterocycles. The number of rotatable bonds is 5. The Hall–Kier alpha value is -3.05. The van der Waals surface area contributed by atoms with Gasteiger partial charge in [-0.3, -0.25) is 9.20 Å². The van der Waals surface area contributed by atoms with Crippen LogP contribution in [0.15, 0.2) is 67.1 Å². The summed E-state index contributed by atoms with van der Waals surface area (Å²) < 4.78 is 3.83. The highest BCUT2D eigenvalue weighted by atomic mass is 35.5. The molecule has 27 heavy (non-hydrogen) atoms. The Balaban J connectivity index is 1.52. The molecule has 4 rings (SSSR count). The van der Waals surface area contributed by atoms with Crippen molar-refractivity contribution < 1.29 is 4.79 Å². The number of amides is 1. The summed E-state index contributed by atoms with van der Waals surface area (Å²) >= 11 is 6.04. The molecule has 5 nitrogen and oxygen atoms in total. The van der Waals surface area contributed by atoms with Gasteiger partial charge in [-0.2, -0.15) is 0 Å². The van der Waals surface area contributed by atoms with Crippen LogP contribution in [-0.4, -0.2) is 19.9 Å². The van der Waals surface area contributed by atoms with Crippen molar-refractivity contribution in [3.63, 3.8) is 0 Å². The maximum atomic E-state index is 12.8. The van der Waals surface area contributed by atoms with E-state index in [2.05, 4.69) is 10.3 Å². The highest BCUT2D eigenvalue weighted by Crippen LogP contribution is 2.18. The number of carbonyl (C=O) groups excluding carboxylic acids is 1. The van der Waals surface area contributed by atoms with Gasteiger partial charge in [0.25, 0.3) is 5.91 Å². The standard InChI is InChI=1S/C21H19ClN4O/c1-2-18-20(26-12-9-16(22)13-19(26)24-18)21(27)23-14-15-5-7-17(8-6-15)25-10-3-4-11-25/h3-13H,2,14H2,1H3,(H,23,27). The number of carbonyl (C=O) groups is 1. The number of halogens is 1. The number of imidazole rings is 1. The second-order valence-corrected chi connectivity index (χ2v) is 6.71. The lowest BCUT2D eigenvalue weighted by Gasteiger charge is -2.08. The number of hydrogen-bond acceptors (Lipinski definition) is 2. The zero-order chi connectivity index (χ0) is 18.8. The summed E-state index contributed by atoms with van der Waals surface area (Å²) in [6.45, 7) is 2.44. The van der Waals surface area contributed by atoms with Crippen LogP contribution in [-0.2, 0) is 13.0 Å². The van der Waals surface area contributed by atoms with E-state index in [4.69, 9.17) is 11.6 Å². The Morgan fingerprint density at radius 3 is 2.56 bits per heavy atom. The maximum Gasteiger partial charge on any atom is 0.270 e. The van der Waals surface area contributed by atoms with Crippen LogP contribution >= 0.6 is 11.6 Å². The first-order valence-corrected chi connectivity index (χ1v) is 9.20. The second-order valence-electron chi connectivity index (χ2n) is 6.27. The molecule has 0 aliphatic carbocycles. The maximum absolute atomic E-state index is 12.8. The Morgan fingerprint density at radius 1 is 1.11 bits per heavy atom. The number of benzene rings is 1. The molecule has 0 atom stereocenters. The van der Waals surface area contributed by atoms with E-state index in [-0.39, 0.29) is 5.91 Å². The van der Waals surface area contributed by atoms with Crippen molar-refractivity contribution in [2.24, 2.45) is 0 Å². The number of pyridine rings is 1. The van der Waals surface area contributed by atoms with Crippen molar-refractivity contribution in [3.05, 3.63) is 89.1 Å². The highest BCUT2D eigenvalue weighted by Gasteiger charge is 2.18. The minimum absolute atomic E-state index is 0.142. The summed E-state index contributed by atoms with van der Waals surface area (Å²) in [6.07, 6.45) is 6.46. The van der Waals surface area contributed by atoms with E-state index < -0.39 is 0 Å². The third-order valence-corrected chi connectivity index (χ3v) is 4.74. The molecule has 4 aromatic rings. The number of aromatic nitrogens is 3. The summed E-state index contributed by atoms with van der Waals surface area (Å²) in [5.74, 6) is -0.142. The number of aryl methyl sites for hydroxylation is 1. The largest absolute Gasteiger partial charge is 0.347 e. The SMILES string of the molecule is CCc1nc2cc(Cl)ccn2c1C(=O)NCc1ccc(-n2cccc2)cc1. The Bertz CT molecular complexity index is 1080. The minimum atomic E-state index is -0.142. The zero-order valence-corrected chi connectivity index (χ0v) is 15.6. The van der Waals surface area contributed by atoms with Crippen LogP contribution in [0.3, 0.4) is 0 Å². The number of nitrogens with zero attached hydrogens (tertiary/aromatic N) is 3. The van der Waals surface area contributed by atoms with Crippen molar-refractivity contribution in [1.82, 2.24) is 19.3 Å². The molecule has 136 valence electrons. The molecule has 0 radical (unpaired) electrons. The van der Waals surface area contributed by atoms with Crippen LogP contribution in [0.4, 0.5) is 0 Å². The van der Waals surface area contributed by atoms with Crippen molar-refractivity contribution >= 4 is 23.2 Å². The smallest absolute Gasteiger partial charge is 0.270 e. The fraction of sp³-hybridized carbons (Fsp3) is 0.143. The highest BCUT2D eigenvalue weighted by molar-refractivity contribution is 6.30. The molecular formula is C21H19ClN4O. The van der Waals surface area contributed by atoms with Crippen molar-refractivity contribution in [3.8, 4) is 5.69 Å². The lowest BCUT2D eigenvalue weighted by atomic mass is 10.2.